The smallest absolute Gasteiger partial charge is 0.228 e. The molecule has 172 valence electrons. The van der Waals surface area contributed by atoms with E-state index in [0.29, 0.717) is 11.8 Å². The maximum atomic E-state index is 6.27. The van der Waals surface area contributed by atoms with E-state index in [1.165, 1.54) is 11.9 Å². The molecule has 9 heteroatoms. The minimum atomic E-state index is -0.0326. The molecular formula is C23H32N6O2S. The Hall–Kier alpha value is -2.33. The molecular weight excluding hydrogens is 424 g/mol. The molecule has 0 saturated carbocycles. The number of fused-ring (bicyclic) bond motifs is 1. The summed E-state index contributed by atoms with van der Waals surface area (Å²) >= 11 is 1.53. The molecule has 3 aromatic rings. The van der Waals surface area contributed by atoms with Gasteiger partial charge in [-0.3, -0.25) is 9.62 Å². The number of aromatic nitrogens is 3. The number of nitrogens with zero attached hydrogens (tertiary/aromatic N) is 4. The van der Waals surface area contributed by atoms with Crippen LogP contribution in [-0.4, -0.2) is 64.9 Å². The van der Waals surface area contributed by atoms with Crippen molar-refractivity contribution in [1.82, 2.24) is 24.2 Å². The number of anilines is 1. The number of rotatable bonds is 7. The molecule has 1 aromatic carbocycles. The molecule has 0 atom stereocenters. The Morgan fingerprint density at radius 1 is 1.16 bits per heavy atom. The quantitative estimate of drug-likeness (QED) is 0.523. The zero-order valence-corrected chi connectivity index (χ0v) is 20.0. The standard InChI is InChI=1S/C23H32N6O2S/c1-23(2,3)27-32-20-14-17(15-25-21(20)30-4)16-5-6-18-19(13-16)29(22(24)26-18)8-7-28-9-11-31-12-10-28/h5-6,13-15,27H,7-12H2,1-4H3,(H2,24,26). The van der Waals surface area contributed by atoms with Crippen molar-refractivity contribution in [2.75, 3.05) is 45.7 Å². The van der Waals surface area contributed by atoms with Crippen LogP contribution in [0.1, 0.15) is 20.8 Å². The minimum absolute atomic E-state index is 0.0326. The summed E-state index contributed by atoms with van der Waals surface area (Å²) in [5, 5.41) is 0. The molecule has 4 rings (SSSR count). The van der Waals surface area contributed by atoms with Crippen LogP contribution in [0.4, 0.5) is 5.95 Å². The first-order valence-electron chi connectivity index (χ1n) is 10.9. The van der Waals surface area contributed by atoms with Crippen molar-refractivity contribution in [3.8, 4) is 17.0 Å². The molecule has 3 heterocycles. The number of nitrogens with one attached hydrogen (secondary N) is 1. The van der Waals surface area contributed by atoms with Gasteiger partial charge >= 0.3 is 0 Å². The maximum absolute atomic E-state index is 6.27. The number of nitrogens with two attached hydrogens (primary N) is 1. The predicted octanol–water partition coefficient (Wildman–Crippen LogP) is 3.42. The second-order valence-electron chi connectivity index (χ2n) is 8.96. The fourth-order valence-electron chi connectivity index (χ4n) is 3.65. The number of pyridine rings is 1. The van der Waals surface area contributed by atoms with Gasteiger partial charge in [0, 0.05) is 43.5 Å². The lowest BCUT2D eigenvalue weighted by Crippen LogP contribution is -2.38. The molecule has 0 bridgehead atoms. The van der Waals surface area contributed by atoms with Crippen LogP contribution in [0.25, 0.3) is 22.2 Å². The van der Waals surface area contributed by atoms with Gasteiger partial charge in [-0.25, -0.2) is 9.97 Å². The Bertz CT molecular complexity index is 1070. The summed E-state index contributed by atoms with van der Waals surface area (Å²) < 4.78 is 16.5. The van der Waals surface area contributed by atoms with Gasteiger partial charge < -0.3 is 19.8 Å². The molecule has 1 aliphatic heterocycles. The molecule has 0 amide bonds. The van der Waals surface area contributed by atoms with E-state index in [0.717, 1.165) is 66.4 Å². The van der Waals surface area contributed by atoms with Crippen LogP contribution in [-0.2, 0) is 11.3 Å². The molecule has 8 nitrogen and oxygen atoms in total. The van der Waals surface area contributed by atoms with Crippen LogP contribution in [0.15, 0.2) is 35.4 Å². The normalized spacial score (nSPS) is 15.4. The van der Waals surface area contributed by atoms with E-state index in [1.54, 1.807) is 7.11 Å². The third kappa shape index (κ3) is 5.35. The Labute approximate surface area is 193 Å². The summed E-state index contributed by atoms with van der Waals surface area (Å²) in [6.45, 7) is 11.6. The largest absolute Gasteiger partial charge is 0.480 e. The number of ether oxygens (including phenoxy) is 2. The molecule has 1 fully saturated rings. The summed E-state index contributed by atoms with van der Waals surface area (Å²) in [4.78, 5) is 12.4. The van der Waals surface area contributed by atoms with Crippen LogP contribution < -0.4 is 15.2 Å². The molecule has 32 heavy (non-hydrogen) atoms. The SMILES string of the molecule is COc1ncc(-c2ccc3nc(N)n(CCN4CCOCC4)c3c2)cc1SNC(C)(C)C. The first-order chi connectivity index (χ1) is 15.3. The fraction of sp³-hybridized carbons (Fsp3) is 0.478. The molecule has 0 spiro atoms. The van der Waals surface area contributed by atoms with Crippen LogP contribution in [0.5, 0.6) is 5.88 Å². The van der Waals surface area contributed by atoms with E-state index < -0.39 is 0 Å². The van der Waals surface area contributed by atoms with Gasteiger partial charge in [0.15, 0.2) is 0 Å². The average molecular weight is 457 g/mol. The molecule has 0 unspecified atom stereocenters. The summed E-state index contributed by atoms with van der Waals surface area (Å²) in [5.41, 5.74) is 10.3. The highest BCUT2D eigenvalue weighted by Crippen LogP contribution is 2.33. The molecule has 1 saturated heterocycles. The second kappa shape index (κ2) is 9.66. The fourth-order valence-corrected chi connectivity index (χ4v) is 4.47. The Morgan fingerprint density at radius 2 is 1.94 bits per heavy atom. The number of methoxy groups -OCH3 is 1. The van der Waals surface area contributed by atoms with Gasteiger partial charge in [-0.05, 0) is 56.5 Å². The van der Waals surface area contributed by atoms with Crippen LogP contribution >= 0.6 is 11.9 Å². The Balaban J connectivity index is 1.61. The number of morpholine rings is 1. The van der Waals surface area contributed by atoms with Gasteiger partial charge in [0.05, 0.1) is 36.3 Å². The van der Waals surface area contributed by atoms with E-state index >= 15 is 0 Å². The predicted molar refractivity (Wildman–Crippen MR) is 130 cm³/mol. The van der Waals surface area contributed by atoms with Crippen molar-refractivity contribution >= 4 is 28.9 Å². The van der Waals surface area contributed by atoms with Crippen LogP contribution in [0.2, 0.25) is 0 Å². The zero-order chi connectivity index (χ0) is 22.7. The highest BCUT2D eigenvalue weighted by atomic mass is 32.2. The molecule has 0 aliphatic carbocycles. The number of hydrogen-bond acceptors (Lipinski definition) is 8. The van der Waals surface area contributed by atoms with E-state index in [2.05, 4.69) is 63.1 Å². The van der Waals surface area contributed by atoms with Crippen molar-refractivity contribution < 1.29 is 9.47 Å². The van der Waals surface area contributed by atoms with Gasteiger partial charge in [0.2, 0.25) is 11.8 Å². The van der Waals surface area contributed by atoms with Gasteiger partial charge in [0.25, 0.3) is 0 Å². The summed E-state index contributed by atoms with van der Waals surface area (Å²) in [5.74, 6) is 1.15. The Morgan fingerprint density at radius 3 is 2.66 bits per heavy atom. The lowest BCUT2D eigenvalue weighted by molar-refractivity contribution is 0.0366. The lowest BCUT2D eigenvalue weighted by atomic mass is 10.1. The van der Waals surface area contributed by atoms with Crippen molar-refractivity contribution in [3.05, 3.63) is 30.5 Å². The van der Waals surface area contributed by atoms with Crippen molar-refractivity contribution in [2.24, 2.45) is 0 Å². The highest BCUT2D eigenvalue weighted by Gasteiger charge is 2.16. The maximum Gasteiger partial charge on any atom is 0.228 e. The second-order valence-corrected chi connectivity index (χ2v) is 9.81. The van der Waals surface area contributed by atoms with E-state index in [-0.39, 0.29) is 5.54 Å². The van der Waals surface area contributed by atoms with Crippen LogP contribution in [0.3, 0.4) is 0 Å². The zero-order valence-electron chi connectivity index (χ0n) is 19.2. The van der Waals surface area contributed by atoms with Crippen molar-refractivity contribution in [3.63, 3.8) is 0 Å². The van der Waals surface area contributed by atoms with Gasteiger partial charge in [-0.2, -0.15) is 0 Å². The van der Waals surface area contributed by atoms with Crippen molar-refractivity contribution in [1.29, 1.82) is 0 Å². The molecule has 1 aliphatic rings. The number of imidazole rings is 1. The monoisotopic (exact) mass is 456 g/mol. The van der Waals surface area contributed by atoms with Gasteiger partial charge in [-0.15, -0.1) is 0 Å². The first kappa shape index (κ1) is 22.8. The summed E-state index contributed by atoms with van der Waals surface area (Å²) in [6.07, 6.45) is 1.85. The average Bonchev–Trinajstić information content (AvgIpc) is 3.10. The summed E-state index contributed by atoms with van der Waals surface area (Å²) in [6, 6.07) is 8.34. The highest BCUT2D eigenvalue weighted by molar-refractivity contribution is 7.97. The topological polar surface area (TPSA) is 90.5 Å². The molecule has 0 radical (unpaired) electrons. The first-order valence-corrected chi connectivity index (χ1v) is 11.7. The number of hydrogen-bond donors (Lipinski definition) is 2. The van der Waals surface area contributed by atoms with Gasteiger partial charge in [0.1, 0.15) is 0 Å². The van der Waals surface area contributed by atoms with E-state index in [4.69, 9.17) is 15.2 Å². The van der Waals surface area contributed by atoms with Crippen LogP contribution in [0, 0.1) is 0 Å². The van der Waals surface area contributed by atoms with Gasteiger partial charge in [-0.1, -0.05) is 6.07 Å². The third-order valence-electron chi connectivity index (χ3n) is 5.33. The lowest BCUT2D eigenvalue weighted by Gasteiger charge is -2.26. The van der Waals surface area contributed by atoms with E-state index in [9.17, 15) is 0 Å². The van der Waals surface area contributed by atoms with E-state index in [1.807, 2.05) is 12.3 Å². The molecule has 3 N–H and O–H groups in total. The molecule has 2 aromatic heterocycles. The third-order valence-corrected chi connectivity index (χ3v) is 6.56. The van der Waals surface area contributed by atoms with Crippen molar-refractivity contribution in [2.45, 2.75) is 37.8 Å². The summed E-state index contributed by atoms with van der Waals surface area (Å²) in [7, 11) is 1.64. The number of benzene rings is 1. The Kier molecular flexibility index (Phi) is 6.90. The number of nitrogen functional groups attached to an aromatic ring is 1. The minimum Gasteiger partial charge on any atom is -0.480 e.